The fourth-order valence-electron chi connectivity index (χ4n) is 1.83. The average molecular weight is 307 g/mol. The summed E-state index contributed by atoms with van der Waals surface area (Å²) >= 11 is 0. The highest BCUT2D eigenvalue weighted by atomic mass is 32.2. The van der Waals surface area contributed by atoms with E-state index in [4.69, 9.17) is 0 Å². The van der Waals surface area contributed by atoms with E-state index in [1.165, 1.54) is 12.1 Å². The molecule has 20 heavy (non-hydrogen) atoms. The second kappa shape index (κ2) is 6.49. The van der Waals surface area contributed by atoms with Crippen LogP contribution in [0.3, 0.4) is 0 Å². The zero-order valence-electron chi connectivity index (χ0n) is 11.4. The molecule has 0 aliphatic carbocycles. The first kappa shape index (κ1) is 16.8. The van der Waals surface area contributed by atoms with Gasteiger partial charge in [-0.3, -0.25) is 0 Å². The van der Waals surface area contributed by atoms with Crippen LogP contribution >= 0.6 is 0 Å². The number of rotatable bonds is 7. The number of nitrogens with one attached hydrogen (secondary N) is 1. The molecule has 0 aliphatic heterocycles. The fraction of sp³-hybridized carbons (Fsp3) is 0.538. The molecular formula is C13H19F2NO3S. The van der Waals surface area contributed by atoms with Crippen molar-refractivity contribution in [3.63, 3.8) is 0 Å². The van der Waals surface area contributed by atoms with Crippen molar-refractivity contribution >= 4 is 15.5 Å². The van der Waals surface area contributed by atoms with Crippen LogP contribution < -0.4 is 5.32 Å². The van der Waals surface area contributed by atoms with Gasteiger partial charge in [-0.05, 0) is 37.1 Å². The van der Waals surface area contributed by atoms with Gasteiger partial charge in [0.25, 0.3) is 0 Å². The first-order valence-corrected chi connectivity index (χ1v) is 7.87. The Morgan fingerprint density at radius 2 is 1.70 bits per heavy atom. The number of sulfone groups is 1. The molecule has 0 atom stereocenters. The summed E-state index contributed by atoms with van der Waals surface area (Å²) in [6.07, 6.45) is 1.36. The van der Waals surface area contributed by atoms with Crippen LogP contribution in [0.15, 0.2) is 29.2 Å². The first-order valence-electron chi connectivity index (χ1n) is 6.32. The standard InChI is InChI=1S/C13H19F2NO3S/c1-3-13(4-2,9-17)16-10-5-7-11(8-6-10)20(18,19)12(14)15/h5-8,12,16-17H,3-4,9H2,1-2H3. The molecule has 1 rings (SSSR count). The van der Waals surface area contributed by atoms with Crippen LogP contribution in [-0.4, -0.2) is 31.4 Å². The first-order chi connectivity index (χ1) is 9.31. The van der Waals surface area contributed by atoms with Gasteiger partial charge in [-0.2, -0.15) is 8.78 Å². The van der Waals surface area contributed by atoms with E-state index in [1.807, 2.05) is 13.8 Å². The summed E-state index contributed by atoms with van der Waals surface area (Å²) in [5.41, 5.74) is 0.0827. The number of anilines is 1. The Hall–Kier alpha value is -1.21. The van der Waals surface area contributed by atoms with Gasteiger partial charge in [0, 0.05) is 5.69 Å². The largest absolute Gasteiger partial charge is 0.394 e. The third-order valence-corrected chi connectivity index (χ3v) is 4.88. The molecule has 0 unspecified atom stereocenters. The Bertz CT molecular complexity index is 517. The zero-order valence-corrected chi connectivity index (χ0v) is 12.3. The van der Waals surface area contributed by atoms with Gasteiger partial charge in [0.2, 0.25) is 9.84 Å². The van der Waals surface area contributed by atoms with Crippen molar-refractivity contribution in [1.82, 2.24) is 0 Å². The molecule has 0 saturated carbocycles. The van der Waals surface area contributed by atoms with Crippen LogP contribution in [0.1, 0.15) is 26.7 Å². The molecule has 0 aliphatic rings. The van der Waals surface area contributed by atoms with Gasteiger partial charge >= 0.3 is 5.76 Å². The Labute approximate surface area is 117 Å². The van der Waals surface area contributed by atoms with E-state index in [0.717, 1.165) is 12.1 Å². The molecule has 0 heterocycles. The number of alkyl halides is 2. The van der Waals surface area contributed by atoms with Crippen LogP contribution in [-0.2, 0) is 9.84 Å². The van der Waals surface area contributed by atoms with E-state index in [2.05, 4.69) is 5.32 Å². The maximum atomic E-state index is 12.4. The molecule has 0 amide bonds. The Morgan fingerprint density at radius 1 is 1.20 bits per heavy atom. The van der Waals surface area contributed by atoms with Crippen molar-refractivity contribution in [3.05, 3.63) is 24.3 Å². The van der Waals surface area contributed by atoms with Gasteiger partial charge in [0.15, 0.2) is 0 Å². The van der Waals surface area contributed by atoms with Crippen LogP contribution in [0.4, 0.5) is 14.5 Å². The number of halogens is 2. The van der Waals surface area contributed by atoms with Crippen molar-refractivity contribution in [2.24, 2.45) is 0 Å². The summed E-state index contributed by atoms with van der Waals surface area (Å²) in [5.74, 6) is -3.43. The second-order valence-corrected chi connectivity index (χ2v) is 6.52. The summed E-state index contributed by atoms with van der Waals surface area (Å²) in [5, 5.41) is 12.6. The maximum absolute atomic E-state index is 12.4. The van der Waals surface area contributed by atoms with Crippen LogP contribution in [0, 0.1) is 0 Å². The predicted octanol–water partition coefficient (Wildman–Crippen LogP) is 2.65. The molecule has 0 radical (unpaired) electrons. The monoisotopic (exact) mass is 307 g/mol. The Kier molecular flexibility index (Phi) is 5.47. The molecule has 0 aromatic heterocycles. The molecule has 0 bridgehead atoms. The molecule has 2 N–H and O–H groups in total. The summed E-state index contributed by atoms with van der Waals surface area (Å²) in [7, 11) is -4.56. The summed E-state index contributed by atoms with van der Waals surface area (Å²) in [6.45, 7) is 3.77. The van der Waals surface area contributed by atoms with Crippen molar-refractivity contribution in [2.75, 3.05) is 11.9 Å². The lowest BCUT2D eigenvalue weighted by molar-refractivity contribution is 0.202. The van der Waals surface area contributed by atoms with E-state index in [1.54, 1.807) is 0 Å². The minimum absolute atomic E-state index is 0.0723. The van der Waals surface area contributed by atoms with Crippen molar-refractivity contribution in [2.45, 2.75) is 42.9 Å². The van der Waals surface area contributed by atoms with Gasteiger partial charge in [-0.1, -0.05) is 13.8 Å². The molecule has 0 fully saturated rings. The lowest BCUT2D eigenvalue weighted by Crippen LogP contribution is -2.40. The van der Waals surface area contributed by atoms with E-state index < -0.39 is 26.0 Å². The SMILES string of the molecule is CCC(CC)(CO)Nc1ccc(S(=O)(=O)C(F)F)cc1. The highest BCUT2D eigenvalue weighted by molar-refractivity contribution is 7.91. The average Bonchev–Trinajstić information content (AvgIpc) is 2.45. The minimum atomic E-state index is -4.56. The fourth-order valence-corrected chi connectivity index (χ4v) is 2.55. The zero-order chi connectivity index (χ0) is 15.4. The topological polar surface area (TPSA) is 66.4 Å². The molecule has 1 aromatic carbocycles. The number of benzene rings is 1. The molecule has 114 valence electrons. The van der Waals surface area contributed by atoms with Gasteiger partial charge in [-0.15, -0.1) is 0 Å². The van der Waals surface area contributed by atoms with Crippen LogP contribution in [0.2, 0.25) is 0 Å². The highest BCUT2D eigenvalue weighted by Crippen LogP contribution is 2.24. The highest BCUT2D eigenvalue weighted by Gasteiger charge is 2.27. The van der Waals surface area contributed by atoms with E-state index in [9.17, 15) is 22.3 Å². The van der Waals surface area contributed by atoms with E-state index in [0.29, 0.717) is 18.5 Å². The second-order valence-electron chi connectivity index (χ2n) is 4.60. The van der Waals surface area contributed by atoms with Crippen molar-refractivity contribution in [3.8, 4) is 0 Å². The van der Waals surface area contributed by atoms with Gasteiger partial charge in [-0.25, -0.2) is 8.42 Å². The van der Waals surface area contributed by atoms with E-state index >= 15 is 0 Å². The normalized spacial score (nSPS) is 12.7. The molecule has 1 aromatic rings. The number of aliphatic hydroxyl groups excluding tert-OH is 1. The van der Waals surface area contributed by atoms with Gasteiger partial charge < -0.3 is 10.4 Å². The molecule has 7 heteroatoms. The molecule has 4 nitrogen and oxygen atoms in total. The lowest BCUT2D eigenvalue weighted by Gasteiger charge is -2.32. The smallest absolute Gasteiger partial charge is 0.341 e. The quantitative estimate of drug-likeness (QED) is 0.813. The number of hydrogen-bond donors (Lipinski definition) is 2. The number of hydrogen-bond acceptors (Lipinski definition) is 4. The lowest BCUT2D eigenvalue weighted by atomic mass is 9.93. The van der Waals surface area contributed by atoms with Crippen molar-refractivity contribution < 1.29 is 22.3 Å². The summed E-state index contributed by atoms with van der Waals surface area (Å²) in [6, 6.07) is 5.12. The minimum Gasteiger partial charge on any atom is -0.394 e. The Morgan fingerprint density at radius 3 is 2.05 bits per heavy atom. The van der Waals surface area contributed by atoms with Gasteiger partial charge in [0.1, 0.15) is 0 Å². The molecule has 0 spiro atoms. The van der Waals surface area contributed by atoms with Crippen LogP contribution in [0.25, 0.3) is 0 Å². The van der Waals surface area contributed by atoms with Crippen molar-refractivity contribution in [1.29, 1.82) is 0 Å². The van der Waals surface area contributed by atoms with E-state index in [-0.39, 0.29) is 6.61 Å². The third kappa shape index (κ3) is 3.46. The molecule has 0 saturated heterocycles. The maximum Gasteiger partial charge on any atom is 0.341 e. The van der Waals surface area contributed by atoms with Gasteiger partial charge in [0.05, 0.1) is 17.0 Å². The third-order valence-electron chi connectivity index (χ3n) is 3.48. The summed E-state index contributed by atoms with van der Waals surface area (Å²) < 4.78 is 47.4. The number of aliphatic hydroxyl groups is 1. The van der Waals surface area contributed by atoms with Crippen LogP contribution in [0.5, 0.6) is 0 Å². The predicted molar refractivity (Wildman–Crippen MR) is 73.7 cm³/mol. The molecular weight excluding hydrogens is 288 g/mol. The Balaban J connectivity index is 2.98. The summed E-state index contributed by atoms with van der Waals surface area (Å²) in [4.78, 5) is -0.416.